The average Bonchev–Trinajstić information content (AvgIpc) is 3.30. The summed E-state index contributed by atoms with van der Waals surface area (Å²) in [6.07, 6.45) is -0.235. The van der Waals surface area contributed by atoms with Gasteiger partial charge in [-0.25, -0.2) is 0 Å². The van der Waals surface area contributed by atoms with E-state index in [-0.39, 0.29) is 30.8 Å². The molecule has 4 rings (SSSR count). The van der Waals surface area contributed by atoms with E-state index in [9.17, 15) is 14.7 Å². The van der Waals surface area contributed by atoms with Crippen LogP contribution >= 0.6 is 0 Å². The molecular formula is C29H31N3O4. The Kier molecular flexibility index (Phi) is 8.13. The van der Waals surface area contributed by atoms with Gasteiger partial charge in [0.15, 0.2) is 0 Å². The molecule has 2 atom stereocenters. The molecule has 3 aromatic carbocycles. The normalized spacial score (nSPS) is 17.1. The van der Waals surface area contributed by atoms with Crippen molar-refractivity contribution in [1.29, 1.82) is 0 Å². The molecule has 2 amide bonds. The van der Waals surface area contributed by atoms with Gasteiger partial charge in [0.05, 0.1) is 18.4 Å². The molecular weight excluding hydrogens is 454 g/mol. The lowest BCUT2D eigenvalue weighted by molar-refractivity contribution is -0.122. The van der Waals surface area contributed by atoms with Crippen molar-refractivity contribution in [3.05, 3.63) is 95.6 Å². The monoisotopic (exact) mass is 485 g/mol. The Morgan fingerprint density at radius 2 is 1.75 bits per heavy atom. The summed E-state index contributed by atoms with van der Waals surface area (Å²) in [5.74, 6) is -0.392. The number of carbonyl (C=O) groups excluding carboxylic acids is 2. The third kappa shape index (κ3) is 5.98. The van der Waals surface area contributed by atoms with Crippen molar-refractivity contribution in [3.8, 4) is 11.1 Å². The van der Waals surface area contributed by atoms with Gasteiger partial charge in [0.25, 0.3) is 5.91 Å². The second-order valence-corrected chi connectivity index (χ2v) is 8.96. The Morgan fingerprint density at radius 3 is 2.44 bits per heavy atom. The third-order valence-electron chi connectivity index (χ3n) is 6.43. The largest absolute Gasteiger partial charge is 0.399 e. The fourth-order valence-electron chi connectivity index (χ4n) is 4.53. The van der Waals surface area contributed by atoms with Crippen LogP contribution in [0.2, 0.25) is 0 Å². The molecule has 2 N–H and O–H groups in total. The minimum Gasteiger partial charge on any atom is -0.399 e. The zero-order valence-electron chi connectivity index (χ0n) is 20.6. The summed E-state index contributed by atoms with van der Waals surface area (Å²) in [6, 6.07) is 24.5. The van der Waals surface area contributed by atoms with E-state index in [0.717, 1.165) is 16.7 Å². The number of oxime groups is 1. The van der Waals surface area contributed by atoms with Gasteiger partial charge in [0, 0.05) is 31.0 Å². The van der Waals surface area contributed by atoms with Gasteiger partial charge in [-0.3, -0.25) is 9.59 Å². The van der Waals surface area contributed by atoms with Crippen LogP contribution in [0.3, 0.4) is 0 Å². The molecule has 0 aromatic heterocycles. The van der Waals surface area contributed by atoms with Gasteiger partial charge in [-0.2, -0.15) is 0 Å². The van der Waals surface area contributed by atoms with Crippen molar-refractivity contribution in [2.45, 2.75) is 31.9 Å². The fraction of sp³-hybridized carbons (Fsp3) is 0.276. The van der Waals surface area contributed by atoms with Gasteiger partial charge < -0.3 is 20.2 Å². The fourth-order valence-corrected chi connectivity index (χ4v) is 4.53. The van der Waals surface area contributed by atoms with Crippen molar-refractivity contribution < 1.29 is 19.5 Å². The molecule has 0 spiro atoms. The minimum absolute atomic E-state index is 0.100. The van der Waals surface area contributed by atoms with Crippen molar-refractivity contribution in [2.75, 3.05) is 20.2 Å². The van der Waals surface area contributed by atoms with E-state index in [0.29, 0.717) is 24.2 Å². The second kappa shape index (κ2) is 11.6. The highest BCUT2D eigenvalue weighted by Crippen LogP contribution is 2.26. The summed E-state index contributed by atoms with van der Waals surface area (Å²) >= 11 is 0. The number of likely N-dealkylation sites (tertiary alicyclic amines) is 1. The zero-order chi connectivity index (χ0) is 25.5. The van der Waals surface area contributed by atoms with Gasteiger partial charge in [-0.1, -0.05) is 71.9 Å². The Labute approximate surface area is 211 Å². The SMILES string of the molecule is CON=C1C[C@@H](CC(=O)NC[C@@H](O)c2ccccc2)N(C(=O)c2ccc(-c3ccccc3C)cc2)C1. The van der Waals surface area contributed by atoms with E-state index < -0.39 is 6.10 Å². The number of aliphatic hydroxyl groups excluding tert-OH is 1. The van der Waals surface area contributed by atoms with Crippen LogP contribution in [-0.4, -0.2) is 53.8 Å². The van der Waals surface area contributed by atoms with Crippen LogP contribution < -0.4 is 5.32 Å². The molecule has 0 bridgehead atoms. The molecule has 7 heteroatoms. The van der Waals surface area contributed by atoms with Crippen LogP contribution in [-0.2, 0) is 9.63 Å². The molecule has 1 saturated heterocycles. The van der Waals surface area contributed by atoms with E-state index in [1.807, 2.05) is 66.7 Å². The maximum Gasteiger partial charge on any atom is 0.254 e. The van der Waals surface area contributed by atoms with E-state index in [2.05, 4.69) is 29.5 Å². The van der Waals surface area contributed by atoms with E-state index in [4.69, 9.17) is 4.84 Å². The summed E-state index contributed by atoms with van der Waals surface area (Å²) in [4.78, 5) is 32.7. The van der Waals surface area contributed by atoms with E-state index in [1.165, 1.54) is 12.7 Å². The number of benzene rings is 3. The number of amides is 2. The summed E-state index contributed by atoms with van der Waals surface area (Å²) < 4.78 is 0. The predicted molar refractivity (Wildman–Crippen MR) is 140 cm³/mol. The molecule has 0 aliphatic carbocycles. The molecule has 0 saturated carbocycles. The Balaban J connectivity index is 1.43. The highest BCUT2D eigenvalue weighted by molar-refractivity contribution is 6.01. The van der Waals surface area contributed by atoms with Gasteiger partial charge in [-0.05, 0) is 41.3 Å². The van der Waals surface area contributed by atoms with Crippen LogP contribution in [0, 0.1) is 6.92 Å². The van der Waals surface area contributed by atoms with Gasteiger partial charge >= 0.3 is 0 Å². The first-order valence-corrected chi connectivity index (χ1v) is 12.0. The molecule has 1 aliphatic heterocycles. The van der Waals surface area contributed by atoms with E-state index in [1.54, 1.807) is 4.90 Å². The number of nitrogens with zero attached hydrogens (tertiary/aromatic N) is 2. The first kappa shape index (κ1) is 25.1. The molecule has 186 valence electrons. The van der Waals surface area contributed by atoms with Crippen LogP contribution in [0.15, 0.2) is 84.0 Å². The van der Waals surface area contributed by atoms with Gasteiger partial charge in [0.1, 0.15) is 7.11 Å². The van der Waals surface area contributed by atoms with Crippen LogP contribution in [0.5, 0.6) is 0 Å². The smallest absolute Gasteiger partial charge is 0.254 e. The number of rotatable bonds is 8. The molecule has 0 unspecified atom stereocenters. The maximum absolute atomic E-state index is 13.4. The van der Waals surface area contributed by atoms with Crippen molar-refractivity contribution in [3.63, 3.8) is 0 Å². The summed E-state index contributed by atoms with van der Waals surface area (Å²) in [5.41, 5.74) is 5.33. The quantitative estimate of drug-likeness (QED) is 0.470. The summed E-state index contributed by atoms with van der Waals surface area (Å²) in [5, 5.41) is 17.2. The van der Waals surface area contributed by atoms with Crippen molar-refractivity contribution in [2.24, 2.45) is 5.16 Å². The van der Waals surface area contributed by atoms with Gasteiger partial charge in [-0.15, -0.1) is 0 Å². The molecule has 3 aromatic rings. The standard InChI is InChI=1S/C29H31N3O4/c1-20-8-6-7-11-26(20)21-12-14-23(15-13-21)29(35)32-19-24(31-36-2)16-25(32)17-28(34)30-18-27(33)22-9-4-3-5-10-22/h3-15,25,27,33H,16-19H2,1-2H3,(H,30,34)/t25-,27+/m0/s1. The number of hydrogen-bond donors (Lipinski definition) is 2. The maximum atomic E-state index is 13.4. The number of aliphatic hydroxyl groups is 1. The number of aryl methyl sites for hydroxylation is 1. The number of carbonyl (C=O) groups is 2. The molecule has 1 aliphatic rings. The Morgan fingerprint density at radius 1 is 1.06 bits per heavy atom. The minimum atomic E-state index is -0.797. The average molecular weight is 486 g/mol. The molecule has 36 heavy (non-hydrogen) atoms. The topological polar surface area (TPSA) is 91.2 Å². The molecule has 0 radical (unpaired) electrons. The highest BCUT2D eigenvalue weighted by Gasteiger charge is 2.35. The predicted octanol–water partition coefficient (Wildman–Crippen LogP) is 4.12. The summed E-state index contributed by atoms with van der Waals surface area (Å²) in [6.45, 7) is 2.46. The second-order valence-electron chi connectivity index (χ2n) is 8.96. The lowest BCUT2D eigenvalue weighted by Gasteiger charge is -2.24. The summed E-state index contributed by atoms with van der Waals surface area (Å²) in [7, 11) is 1.47. The molecule has 1 heterocycles. The van der Waals surface area contributed by atoms with E-state index >= 15 is 0 Å². The van der Waals surface area contributed by atoms with Crippen molar-refractivity contribution in [1.82, 2.24) is 10.2 Å². The Bertz CT molecular complexity index is 1220. The van der Waals surface area contributed by atoms with Gasteiger partial charge in [0.2, 0.25) is 5.91 Å². The molecule has 1 fully saturated rings. The lowest BCUT2D eigenvalue weighted by atomic mass is 9.99. The molecule has 7 nitrogen and oxygen atoms in total. The third-order valence-corrected chi connectivity index (χ3v) is 6.43. The number of hydrogen-bond acceptors (Lipinski definition) is 5. The first-order chi connectivity index (χ1) is 17.5. The Hall–Kier alpha value is -3.97. The van der Waals surface area contributed by atoms with Crippen molar-refractivity contribution >= 4 is 17.5 Å². The van der Waals surface area contributed by atoms with Crippen LogP contribution in [0.25, 0.3) is 11.1 Å². The van der Waals surface area contributed by atoms with Crippen LogP contribution in [0.1, 0.15) is 40.4 Å². The lowest BCUT2D eigenvalue weighted by Crippen LogP contribution is -2.40. The number of nitrogens with one attached hydrogen (secondary N) is 1. The zero-order valence-corrected chi connectivity index (χ0v) is 20.6. The first-order valence-electron chi connectivity index (χ1n) is 12.0. The van der Waals surface area contributed by atoms with Crippen LogP contribution in [0.4, 0.5) is 0 Å². The highest BCUT2D eigenvalue weighted by atomic mass is 16.6.